The van der Waals surface area contributed by atoms with Crippen molar-refractivity contribution in [3.8, 4) is 33.9 Å². The van der Waals surface area contributed by atoms with E-state index >= 15 is 4.39 Å². The van der Waals surface area contributed by atoms with Gasteiger partial charge in [0.05, 0.1) is 28.1 Å². The lowest BCUT2D eigenvalue weighted by molar-refractivity contribution is 0.628. The Morgan fingerprint density at radius 3 is 2.50 bits per heavy atom. The molecule has 0 unspecified atom stereocenters. The van der Waals surface area contributed by atoms with Crippen LogP contribution in [0.2, 0.25) is 0 Å². The third-order valence-corrected chi connectivity index (χ3v) is 5.25. The van der Waals surface area contributed by atoms with Crippen LogP contribution in [0.3, 0.4) is 0 Å². The fourth-order valence-electron chi connectivity index (χ4n) is 3.80. The standard InChI is InChI=1S/C23H13F2N7/c24-14-4-1-3-12(7-14)15-5-2-6-16-21(15)30-23(29-16)22-18-17(31-32-22)10-28-20(19(18)25)13-8-26-11-27-9-13/h1-11H,(H,29,30)(H,31,32). The minimum atomic E-state index is -0.549. The number of nitrogens with zero attached hydrogens (tertiary/aromatic N) is 5. The highest BCUT2D eigenvalue weighted by Crippen LogP contribution is 2.34. The van der Waals surface area contributed by atoms with Gasteiger partial charge in [-0.25, -0.2) is 23.7 Å². The lowest BCUT2D eigenvalue weighted by Gasteiger charge is -2.03. The van der Waals surface area contributed by atoms with Crippen LogP contribution in [0.25, 0.3) is 55.8 Å². The predicted molar refractivity (Wildman–Crippen MR) is 115 cm³/mol. The second kappa shape index (κ2) is 7.02. The molecule has 0 amide bonds. The number of H-pyrrole nitrogens is 2. The average Bonchev–Trinajstić information content (AvgIpc) is 3.44. The van der Waals surface area contributed by atoms with Gasteiger partial charge in [-0.05, 0) is 23.8 Å². The van der Waals surface area contributed by atoms with E-state index in [9.17, 15) is 4.39 Å². The van der Waals surface area contributed by atoms with Crippen molar-refractivity contribution >= 4 is 21.9 Å². The number of para-hydroxylation sites is 1. The van der Waals surface area contributed by atoms with Crippen molar-refractivity contribution in [2.24, 2.45) is 0 Å². The minimum Gasteiger partial charge on any atom is -0.337 e. The van der Waals surface area contributed by atoms with E-state index in [4.69, 9.17) is 0 Å². The summed E-state index contributed by atoms with van der Waals surface area (Å²) >= 11 is 0. The van der Waals surface area contributed by atoms with Gasteiger partial charge in [0.1, 0.15) is 23.5 Å². The first-order chi connectivity index (χ1) is 15.7. The van der Waals surface area contributed by atoms with Gasteiger partial charge >= 0.3 is 0 Å². The van der Waals surface area contributed by atoms with E-state index in [1.807, 2.05) is 24.3 Å². The van der Waals surface area contributed by atoms with Crippen molar-refractivity contribution in [3.63, 3.8) is 0 Å². The van der Waals surface area contributed by atoms with Crippen LogP contribution >= 0.6 is 0 Å². The summed E-state index contributed by atoms with van der Waals surface area (Å²) in [5, 5.41) is 7.35. The van der Waals surface area contributed by atoms with Crippen molar-refractivity contribution in [2.45, 2.75) is 0 Å². The summed E-state index contributed by atoms with van der Waals surface area (Å²) in [4.78, 5) is 20.0. The molecule has 0 fully saturated rings. The third-order valence-electron chi connectivity index (χ3n) is 5.25. The highest BCUT2D eigenvalue weighted by Gasteiger charge is 2.21. The predicted octanol–water partition coefficient (Wildman–Crippen LogP) is 4.90. The number of aromatic nitrogens is 7. The second-order valence-corrected chi connectivity index (χ2v) is 7.21. The van der Waals surface area contributed by atoms with Crippen molar-refractivity contribution in [1.29, 1.82) is 0 Å². The monoisotopic (exact) mass is 425 g/mol. The topological polar surface area (TPSA) is 96.0 Å². The average molecular weight is 425 g/mol. The zero-order chi connectivity index (χ0) is 21.7. The Bertz CT molecular complexity index is 1610. The maximum Gasteiger partial charge on any atom is 0.161 e. The van der Waals surface area contributed by atoms with Gasteiger partial charge in [0.15, 0.2) is 11.6 Å². The molecule has 0 bridgehead atoms. The molecule has 2 N–H and O–H groups in total. The Morgan fingerprint density at radius 1 is 0.812 bits per heavy atom. The quantitative estimate of drug-likeness (QED) is 0.420. The zero-order valence-corrected chi connectivity index (χ0v) is 16.3. The molecule has 7 nitrogen and oxygen atoms in total. The Labute approximate surface area is 179 Å². The first-order valence-electron chi connectivity index (χ1n) is 9.72. The molecule has 0 spiro atoms. The van der Waals surface area contributed by atoms with Crippen LogP contribution in [-0.4, -0.2) is 35.1 Å². The van der Waals surface area contributed by atoms with E-state index in [0.717, 1.165) is 11.1 Å². The summed E-state index contributed by atoms with van der Waals surface area (Å²) < 4.78 is 29.3. The summed E-state index contributed by atoms with van der Waals surface area (Å²) in [6, 6.07) is 11.9. The maximum absolute atomic E-state index is 15.5. The number of hydrogen-bond donors (Lipinski definition) is 2. The van der Waals surface area contributed by atoms with Crippen LogP contribution in [0.1, 0.15) is 0 Å². The number of imidazole rings is 1. The largest absolute Gasteiger partial charge is 0.337 e. The SMILES string of the molecule is Fc1cccc(-c2cccc3[nH]c(-c4n[nH]c5cnc(-c6cncnc6)c(F)c45)nc23)c1. The van der Waals surface area contributed by atoms with Gasteiger partial charge < -0.3 is 4.98 Å². The van der Waals surface area contributed by atoms with E-state index in [1.54, 1.807) is 6.07 Å². The molecule has 0 aliphatic heterocycles. The van der Waals surface area contributed by atoms with Crippen LogP contribution in [-0.2, 0) is 0 Å². The van der Waals surface area contributed by atoms with E-state index in [-0.39, 0.29) is 16.9 Å². The number of hydrogen-bond acceptors (Lipinski definition) is 5. The van der Waals surface area contributed by atoms with Crippen molar-refractivity contribution in [1.82, 2.24) is 35.1 Å². The Hall–Kier alpha value is -4.53. The van der Waals surface area contributed by atoms with E-state index < -0.39 is 5.82 Å². The highest BCUT2D eigenvalue weighted by molar-refractivity contribution is 5.98. The first-order valence-corrected chi connectivity index (χ1v) is 9.72. The molecule has 4 aromatic heterocycles. The number of benzene rings is 2. The molecule has 2 aromatic carbocycles. The minimum absolute atomic E-state index is 0.123. The van der Waals surface area contributed by atoms with Crippen LogP contribution in [0.4, 0.5) is 8.78 Å². The molecule has 9 heteroatoms. The number of fused-ring (bicyclic) bond motifs is 2. The molecule has 0 saturated carbocycles. The fraction of sp³-hybridized carbons (Fsp3) is 0. The highest BCUT2D eigenvalue weighted by atomic mass is 19.1. The van der Waals surface area contributed by atoms with Gasteiger partial charge in [0.25, 0.3) is 0 Å². The molecule has 4 heterocycles. The van der Waals surface area contributed by atoms with Crippen LogP contribution in [0, 0.1) is 11.6 Å². The smallest absolute Gasteiger partial charge is 0.161 e. The van der Waals surface area contributed by atoms with E-state index in [1.165, 1.54) is 37.1 Å². The molecule has 0 saturated heterocycles. The molecule has 0 aliphatic rings. The van der Waals surface area contributed by atoms with Gasteiger partial charge in [0.2, 0.25) is 0 Å². The summed E-state index contributed by atoms with van der Waals surface area (Å²) in [6.45, 7) is 0. The van der Waals surface area contributed by atoms with Crippen molar-refractivity contribution in [2.75, 3.05) is 0 Å². The van der Waals surface area contributed by atoms with Crippen molar-refractivity contribution in [3.05, 3.63) is 79.0 Å². The lowest BCUT2D eigenvalue weighted by Crippen LogP contribution is -1.93. The number of aromatic amines is 2. The Morgan fingerprint density at radius 2 is 1.66 bits per heavy atom. The van der Waals surface area contributed by atoms with Crippen LogP contribution in [0.15, 0.2) is 67.4 Å². The maximum atomic E-state index is 15.5. The van der Waals surface area contributed by atoms with Crippen molar-refractivity contribution < 1.29 is 8.78 Å². The van der Waals surface area contributed by atoms with Crippen LogP contribution in [0.5, 0.6) is 0 Å². The molecular formula is C23H13F2N7. The Kier molecular flexibility index (Phi) is 4.00. The second-order valence-electron chi connectivity index (χ2n) is 7.21. The summed E-state index contributed by atoms with van der Waals surface area (Å²) in [7, 11) is 0. The van der Waals surface area contributed by atoms with Gasteiger partial charge in [-0.15, -0.1) is 0 Å². The number of rotatable bonds is 3. The fourth-order valence-corrected chi connectivity index (χ4v) is 3.80. The van der Waals surface area contributed by atoms with Crippen LogP contribution < -0.4 is 0 Å². The Balaban J connectivity index is 1.55. The molecule has 0 radical (unpaired) electrons. The molecule has 154 valence electrons. The van der Waals surface area contributed by atoms with E-state index in [0.29, 0.717) is 33.7 Å². The normalized spacial score (nSPS) is 11.4. The molecule has 6 rings (SSSR count). The van der Waals surface area contributed by atoms with Gasteiger partial charge in [0, 0.05) is 23.5 Å². The molecule has 32 heavy (non-hydrogen) atoms. The summed E-state index contributed by atoms with van der Waals surface area (Å²) in [6.07, 6.45) is 5.87. The number of nitrogens with one attached hydrogen (secondary N) is 2. The molecule has 0 atom stereocenters. The van der Waals surface area contributed by atoms with Gasteiger partial charge in [-0.2, -0.15) is 5.10 Å². The summed E-state index contributed by atoms with van der Waals surface area (Å²) in [5.74, 6) is -0.497. The lowest BCUT2D eigenvalue weighted by atomic mass is 10.0. The first kappa shape index (κ1) is 18.3. The summed E-state index contributed by atoms with van der Waals surface area (Å²) in [5.41, 5.74) is 4.15. The van der Waals surface area contributed by atoms with Gasteiger partial charge in [-0.1, -0.05) is 24.3 Å². The van der Waals surface area contributed by atoms with Gasteiger partial charge in [-0.3, -0.25) is 10.1 Å². The molecular weight excluding hydrogens is 412 g/mol. The number of halogens is 2. The number of pyridine rings is 1. The molecule has 0 aliphatic carbocycles. The third kappa shape index (κ3) is 2.83. The molecule has 6 aromatic rings. The van der Waals surface area contributed by atoms with E-state index in [2.05, 4.69) is 35.1 Å². The zero-order valence-electron chi connectivity index (χ0n) is 16.3.